The van der Waals surface area contributed by atoms with Gasteiger partial charge in [0, 0.05) is 25.8 Å². The lowest BCUT2D eigenvalue weighted by atomic mass is 10.2. The molecule has 122 valence electrons. The highest BCUT2D eigenvalue weighted by Crippen LogP contribution is 2.06. The van der Waals surface area contributed by atoms with Gasteiger partial charge < -0.3 is 10.2 Å². The van der Waals surface area contributed by atoms with Gasteiger partial charge >= 0.3 is 0 Å². The van der Waals surface area contributed by atoms with Crippen LogP contribution < -0.4 is 5.32 Å². The predicted molar refractivity (Wildman–Crippen MR) is 91.7 cm³/mol. The van der Waals surface area contributed by atoms with Crippen LogP contribution in [0.5, 0.6) is 0 Å². The highest BCUT2D eigenvalue weighted by Gasteiger charge is 2.07. The number of aliphatic imine (C=N–C) groups is 1. The van der Waals surface area contributed by atoms with Crippen LogP contribution in [0.3, 0.4) is 0 Å². The minimum atomic E-state index is -0.220. The Kier molecular flexibility index (Phi) is 6.09. The van der Waals surface area contributed by atoms with E-state index in [2.05, 4.69) is 15.3 Å². The summed E-state index contributed by atoms with van der Waals surface area (Å²) in [6.45, 7) is 5.98. The molecule has 0 aliphatic rings. The fourth-order valence-corrected chi connectivity index (χ4v) is 2.25. The van der Waals surface area contributed by atoms with Gasteiger partial charge in [0.05, 0.1) is 12.2 Å². The van der Waals surface area contributed by atoms with Crippen molar-refractivity contribution < 1.29 is 4.39 Å². The number of halogens is 1. The van der Waals surface area contributed by atoms with Gasteiger partial charge in [0.25, 0.3) is 0 Å². The Morgan fingerprint density at radius 1 is 1.22 bits per heavy atom. The second-order valence-corrected chi connectivity index (χ2v) is 5.42. The second kappa shape index (κ2) is 8.27. The third kappa shape index (κ3) is 5.36. The fourth-order valence-electron chi connectivity index (χ4n) is 2.25. The van der Waals surface area contributed by atoms with Gasteiger partial charge in [-0.3, -0.25) is 4.98 Å². The number of hydrogen-bond donors (Lipinski definition) is 1. The molecule has 0 radical (unpaired) electrons. The van der Waals surface area contributed by atoms with Crippen LogP contribution in [-0.2, 0) is 13.1 Å². The maximum Gasteiger partial charge on any atom is 0.194 e. The normalized spacial score (nSPS) is 11.4. The van der Waals surface area contributed by atoms with Gasteiger partial charge in [-0.1, -0.05) is 18.2 Å². The Morgan fingerprint density at radius 2 is 1.96 bits per heavy atom. The summed E-state index contributed by atoms with van der Waals surface area (Å²) >= 11 is 0. The van der Waals surface area contributed by atoms with Gasteiger partial charge in [-0.05, 0) is 43.7 Å². The highest BCUT2D eigenvalue weighted by atomic mass is 19.1. The molecular formula is C18H23FN4. The maximum absolute atomic E-state index is 13.0. The molecule has 0 bridgehead atoms. The molecule has 2 aromatic rings. The average molecular weight is 314 g/mol. The second-order valence-electron chi connectivity index (χ2n) is 5.42. The number of nitrogens with zero attached hydrogens (tertiary/aromatic N) is 3. The van der Waals surface area contributed by atoms with Gasteiger partial charge in [0.1, 0.15) is 5.82 Å². The van der Waals surface area contributed by atoms with Crippen molar-refractivity contribution in [2.75, 3.05) is 13.6 Å². The van der Waals surface area contributed by atoms with Crippen molar-refractivity contribution in [2.45, 2.75) is 26.9 Å². The molecular weight excluding hydrogens is 291 g/mol. The van der Waals surface area contributed by atoms with Crippen LogP contribution >= 0.6 is 0 Å². The minimum absolute atomic E-state index is 0.220. The molecule has 0 amide bonds. The average Bonchev–Trinajstić information content (AvgIpc) is 2.53. The van der Waals surface area contributed by atoms with Crippen LogP contribution in [0, 0.1) is 12.7 Å². The van der Waals surface area contributed by atoms with Gasteiger partial charge in [-0.2, -0.15) is 0 Å². The minimum Gasteiger partial charge on any atom is -0.357 e. The van der Waals surface area contributed by atoms with Crippen LogP contribution in [0.2, 0.25) is 0 Å². The molecule has 0 saturated carbocycles. The Hall–Kier alpha value is -2.43. The Morgan fingerprint density at radius 3 is 2.61 bits per heavy atom. The van der Waals surface area contributed by atoms with Gasteiger partial charge in [-0.25, -0.2) is 9.38 Å². The van der Waals surface area contributed by atoms with Crippen LogP contribution in [-0.4, -0.2) is 29.4 Å². The summed E-state index contributed by atoms with van der Waals surface area (Å²) in [6.07, 6.45) is 0. The Balaban J connectivity index is 2.06. The lowest BCUT2D eigenvalue weighted by molar-refractivity contribution is 0.476. The van der Waals surface area contributed by atoms with E-state index in [0.29, 0.717) is 13.1 Å². The molecule has 1 N–H and O–H groups in total. The number of rotatable bonds is 5. The van der Waals surface area contributed by atoms with Crippen LogP contribution in [0.4, 0.5) is 4.39 Å². The van der Waals surface area contributed by atoms with Crippen molar-refractivity contribution in [2.24, 2.45) is 4.99 Å². The van der Waals surface area contributed by atoms with Crippen LogP contribution in [0.25, 0.3) is 0 Å². The van der Waals surface area contributed by atoms with Crippen molar-refractivity contribution >= 4 is 5.96 Å². The molecule has 1 heterocycles. The summed E-state index contributed by atoms with van der Waals surface area (Å²) in [6, 6.07) is 12.5. The van der Waals surface area contributed by atoms with E-state index in [0.717, 1.165) is 29.5 Å². The molecule has 23 heavy (non-hydrogen) atoms. The van der Waals surface area contributed by atoms with Gasteiger partial charge in [0.15, 0.2) is 5.96 Å². The maximum atomic E-state index is 13.0. The first-order chi connectivity index (χ1) is 11.1. The highest BCUT2D eigenvalue weighted by molar-refractivity contribution is 5.79. The summed E-state index contributed by atoms with van der Waals surface area (Å²) in [5.41, 5.74) is 2.96. The first kappa shape index (κ1) is 16.9. The van der Waals surface area contributed by atoms with Crippen molar-refractivity contribution in [3.05, 3.63) is 65.2 Å². The number of pyridine rings is 1. The molecule has 2 rings (SSSR count). The van der Waals surface area contributed by atoms with Crippen molar-refractivity contribution in [1.29, 1.82) is 0 Å². The first-order valence-electron chi connectivity index (χ1n) is 7.75. The number of guanidine groups is 1. The van der Waals surface area contributed by atoms with E-state index in [4.69, 9.17) is 0 Å². The Bertz CT molecular complexity index is 652. The van der Waals surface area contributed by atoms with E-state index in [1.54, 1.807) is 12.1 Å². The van der Waals surface area contributed by atoms with E-state index in [1.165, 1.54) is 12.1 Å². The van der Waals surface area contributed by atoms with Crippen molar-refractivity contribution in [1.82, 2.24) is 15.2 Å². The quantitative estimate of drug-likeness (QED) is 0.681. The smallest absolute Gasteiger partial charge is 0.194 e. The lowest BCUT2D eigenvalue weighted by Crippen LogP contribution is -2.38. The molecule has 0 atom stereocenters. The Labute approximate surface area is 137 Å². The summed E-state index contributed by atoms with van der Waals surface area (Å²) in [5, 5.41) is 3.27. The molecule has 4 nitrogen and oxygen atoms in total. The standard InChI is InChI=1S/C18H23FN4/c1-4-20-18(21-12-17-7-5-6-14(2)22-17)23(3)13-15-8-10-16(19)11-9-15/h5-11H,4,12-13H2,1-3H3,(H,20,21). The predicted octanol–water partition coefficient (Wildman–Crippen LogP) is 3.13. The molecule has 0 unspecified atom stereocenters. The third-order valence-corrected chi connectivity index (χ3v) is 3.37. The van der Waals surface area contributed by atoms with Crippen molar-refractivity contribution in [3.8, 4) is 0 Å². The third-order valence-electron chi connectivity index (χ3n) is 3.37. The lowest BCUT2D eigenvalue weighted by Gasteiger charge is -2.22. The topological polar surface area (TPSA) is 40.5 Å². The molecule has 1 aromatic heterocycles. The monoisotopic (exact) mass is 314 g/mol. The fraction of sp³-hybridized carbons (Fsp3) is 0.333. The van der Waals surface area contributed by atoms with E-state index < -0.39 is 0 Å². The molecule has 0 aliphatic carbocycles. The largest absolute Gasteiger partial charge is 0.357 e. The summed E-state index contributed by atoms with van der Waals surface area (Å²) < 4.78 is 13.0. The van der Waals surface area contributed by atoms with Gasteiger partial charge in [-0.15, -0.1) is 0 Å². The first-order valence-corrected chi connectivity index (χ1v) is 7.75. The van der Waals surface area contributed by atoms with Crippen molar-refractivity contribution in [3.63, 3.8) is 0 Å². The van der Waals surface area contributed by atoms with E-state index in [-0.39, 0.29) is 5.82 Å². The molecule has 0 spiro atoms. The zero-order valence-electron chi connectivity index (χ0n) is 13.9. The zero-order chi connectivity index (χ0) is 16.7. The number of nitrogens with one attached hydrogen (secondary N) is 1. The number of hydrogen-bond acceptors (Lipinski definition) is 2. The summed E-state index contributed by atoms with van der Waals surface area (Å²) in [5.74, 6) is 0.586. The number of aryl methyl sites for hydroxylation is 1. The van der Waals surface area contributed by atoms with E-state index >= 15 is 0 Å². The molecule has 0 aliphatic heterocycles. The summed E-state index contributed by atoms with van der Waals surface area (Å²) in [7, 11) is 1.97. The zero-order valence-corrected chi connectivity index (χ0v) is 13.9. The van der Waals surface area contributed by atoms with E-state index in [9.17, 15) is 4.39 Å². The van der Waals surface area contributed by atoms with Crippen LogP contribution in [0.1, 0.15) is 23.9 Å². The number of benzene rings is 1. The molecule has 0 saturated heterocycles. The van der Waals surface area contributed by atoms with Gasteiger partial charge in [0.2, 0.25) is 0 Å². The number of aromatic nitrogens is 1. The van der Waals surface area contributed by atoms with Crippen LogP contribution in [0.15, 0.2) is 47.5 Å². The summed E-state index contributed by atoms with van der Waals surface area (Å²) in [4.78, 5) is 11.1. The SMILES string of the molecule is CCNC(=NCc1cccc(C)n1)N(C)Cc1ccc(F)cc1. The molecule has 0 fully saturated rings. The molecule has 5 heteroatoms. The van der Waals surface area contributed by atoms with E-state index in [1.807, 2.05) is 44.0 Å². The molecule has 1 aromatic carbocycles.